The van der Waals surface area contributed by atoms with Crippen molar-refractivity contribution in [2.24, 2.45) is 0 Å². The van der Waals surface area contributed by atoms with Crippen LogP contribution in [0.25, 0.3) is 10.9 Å². The lowest BCUT2D eigenvalue weighted by molar-refractivity contribution is -0.115. The highest BCUT2D eigenvalue weighted by atomic mass is 19.1. The molecule has 0 aliphatic carbocycles. The van der Waals surface area contributed by atoms with Gasteiger partial charge in [0.1, 0.15) is 29.2 Å². The lowest BCUT2D eigenvalue weighted by Crippen LogP contribution is -2.34. The first-order chi connectivity index (χ1) is 18.2. The Morgan fingerprint density at radius 2 is 1.92 bits per heavy atom. The van der Waals surface area contributed by atoms with Crippen molar-refractivity contribution in [3.63, 3.8) is 0 Å². The molecule has 0 saturated carbocycles. The van der Waals surface area contributed by atoms with Gasteiger partial charge in [0.15, 0.2) is 0 Å². The third-order valence-electron chi connectivity index (χ3n) is 6.42. The number of carbonyl (C=O) groups excluding carboxylic acids is 1. The predicted octanol–water partition coefficient (Wildman–Crippen LogP) is 5.43. The van der Waals surface area contributed by atoms with Crippen molar-refractivity contribution in [1.82, 2.24) is 20.1 Å². The third-order valence-corrected chi connectivity index (χ3v) is 6.42. The molecule has 2 aromatic carbocycles. The maximum Gasteiger partial charge on any atom is 0.228 e. The lowest BCUT2D eigenvalue weighted by Gasteiger charge is -2.24. The largest absolute Gasteiger partial charge is 0.490 e. The zero-order valence-electron chi connectivity index (χ0n) is 21.8. The van der Waals surface area contributed by atoms with Gasteiger partial charge in [-0.15, -0.1) is 0 Å². The van der Waals surface area contributed by atoms with Crippen LogP contribution in [0.1, 0.15) is 39.2 Å². The smallest absolute Gasteiger partial charge is 0.228 e. The Hall–Kier alpha value is -3.98. The van der Waals surface area contributed by atoms with Gasteiger partial charge in [0.2, 0.25) is 5.91 Å². The lowest BCUT2D eigenvalue weighted by atomic mass is 10.1. The number of piperidine rings is 1. The predicted molar refractivity (Wildman–Crippen MR) is 144 cm³/mol. The first-order valence-electron chi connectivity index (χ1n) is 12.8. The number of benzene rings is 2. The Morgan fingerprint density at radius 3 is 2.66 bits per heavy atom. The fourth-order valence-electron chi connectivity index (χ4n) is 4.36. The van der Waals surface area contributed by atoms with Gasteiger partial charge in [-0.1, -0.05) is 6.07 Å². The molecule has 1 aliphatic heterocycles. The molecular formula is C29H32FN5O3. The van der Waals surface area contributed by atoms with Crippen LogP contribution < -0.4 is 20.1 Å². The molecule has 2 N–H and O–H groups in total. The number of pyridine rings is 1. The molecule has 38 heavy (non-hydrogen) atoms. The number of anilines is 1. The highest BCUT2D eigenvalue weighted by Gasteiger charge is 2.17. The summed E-state index contributed by atoms with van der Waals surface area (Å²) in [4.78, 5) is 16.9. The van der Waals surface area contributed by atoms with E-state index in [4.69, 9.17) is 9.47 Å². The van der Waals surface area contributed by atoms with Crippen LogP contribution in [0, 0.1) is 5.82 Å². The standard InChI is InChI=1S/C29H32FN5O3/c1-29(2,3)35-18-20(17-33-35)34-28(36)14-19-4-5-23(16-25(19)30)38-27-10-13-32-26-7-6-22(15-24(26)27)37-21-8-11-31-12-9-21/h4-7,10,13,15-18,21,31H,8-9,11-12,14H2,1-3H3,(H,34,36). The summed E-state index contributed by atoms with van der Waals surface area (Å²) >= 11 is 0. The molecular weight excluding hydrogens is 485 g/mol. The monoisotopic (exact) mass is 517 g/mol. The van der Waals surface area contributed by atoms with E-state index in [9.17, 15) is 9.18 Å². The third kappa shape index (κ3) is 6.11. The highest BCUT2D eigenvalue weighted by Crippen LogP contribution is 2.32. The van der Waals surface area contributed by atoms with Gasteiger partial charge in [-0.3, -0.25) is 14.5 Å². The molecule has 198 valence electrons. The van der Waals surface area contributed by atoms with E-state index in [1.807, 2.05) is 39.0 Å². The number of hydrogen-bond acceptors (Lipinski definition) is 6. The van der Waals surface area contributed by atoms with Gasteiger partial charge in [-0.2, -0.15) is 5.10 Å². The Balaban J connectivity index is 1.27. The zero-order valence-corrected chi connectivity index (χ0v) is 21.8. The topological polar surface area (TPSA) is 90.3 Å². The van der Waals surface area contributed by atoms with Gasteiger partial charge < -0.3 is 20.1 Å². The molecule has 0 radical (unpaired) electrons. The van der Waals surface area contributed by atoms with Gasteiger partial charge >= 0.3 is 0 Å². The molecule has 0 atom stereocenters. The molecule has 8 nitrogen and oxygen atoms in total. The summed E-state index contributed by atoms with van der Waals surface area (Å²) in [5.41, 5.74) is 1.39. The van der Waals surface area contributed by atoms with Crippen LogP contribution >= 0.6 is 0 Å². The number of ether oxygens (including phenoxy) is 2. The maximum absolute atomic E-state index is 14.9. The number of hydrogen-bond donors (Lipinski definition) is 2. The number of halogens is 1. The molecule has 1 fully saturated rings. The van der Waals surface area contributed by atoms with Crippen LogP contribution in [0.5, 0.6) is 17.2 Å². The van der Waals surface area contributed by atoms with Crippen molar-refractivity contribution >= 4 is 22.5 Å². The second-order valence-corrected chi connectivity index (χ2v) is 10.5. The van der Waals surface area contributed by atoms with Crippen molar-refractivity contribution in [2.75, 3.05) is 18.4 Å². The number of rotatable bonds is 7. The molecule has 2 aromatic heterocycles. The van der Waals surface area contributed by atoms with E-state index in [0.29, 0.717) is 17.2 Å². The van der Waals surface area contributed by atoms with E-state index in [1.165, 1.54) is 6.07 Å². The van der Waals surface area contributed by atoms with Crippen molar-refractivity contribution in [3.05, 3.63) is 72.4 Å². The van der Waals surface area contributed by atoms with Crippen LogP contribution in [-0.2, 0) is 16.8 Å². The van der Waals surface area contributed by atoms with Crippen molar-refractivity contribution < 1.29 is 18.7 Å². The number of amides is 1. The average molecular weight is 518 g/mol. The first-order valence-corrected chi connectivity index (χ1v) is 12.8. The van der Waals surface area contributed by atoms with Gasteiger partial charge in [0.05, 0.1) is 29.4 Å². The minimum Gasteiger partial charge on any atom is -0.490 e. The molecule has 1 saturated heterocycles. The summed E-state index contributed by atoms with van der Waals surface area (Å²) in [6.45, 7) is 7.93. The fraction of sp³-hybridized carbons (Fsp3) is 0.345. The number of fused-ring (bicyclic) bond motifs is 1. The van der Waals surface area contributed by atoms with Crippen LogP contribution in [0.15, 0.2) is 61.1 Å². The van der Waals surface area contributed by atoms with E-state index < -0.39 is 5.82 Å². The average Bonchev–Trinajstić information content (AvgIpc) is 3.36. The second-order valence-electron chi connectivity index (χ2n) is 10.5. The summed E-state index contributed by atoms with van der Waals surface area (Å²) in [7, 11) is 0. The second kappa shape index (κ2) is 10.8. The van der Waals surface area contributed by atoms with E-state index in [-0.39, 0.29) is 29.5 Å². The van der Waals surface area contributed by atoms with E-state index in [0.717, 1.165) is 42.6 Å². The van der Waals surface area contributed by atoms with Gasteiger partial charge in [-0.25, -0.2) is 4.39 Å². The Bertz CT molecular complexity index is 1440. The molecule has 0 unspecified atom stereocenters. The summed E-state index contributed by atoms with van der Waals surface area (Å²) in [5.74, 6) is 0.786. The molecule has 1 amide bonds. The van der Waals surface area contributed by atoms with Crippen molar-refractivity contribution in [1.29, 1.82) is 0 Å². The minimum absolute atomic E-state index is 0.109. The summed E-state index contributed by atoms with van der Waals surface area (Å²) < 4.78 is 28.9. The molecule has 1 aliphatic rings. The number of carbonyl (C=O) groups is 1. The molecule has 5 rings (SSSR count). The number of aromatic nitrogens is 3. The molecule has 0 bridgehead atoms. The van der Waals surface area contributed by atoms with Gasteiger partial charge in [-0.05, 0) is 82.6 Å². The quantitative estimate of drug-likeness (QED) is 0.340. The summed E-state index contributed by atoms with van der Waals surface area (Å²) in [6, 6.07) is 12.0. The van der Waals surface area contributed by atoms with E-state index >= 15 is 0 Å². The Morgan fingerprint density at radius 1 is 1.13 bits per heavy atom. The minimum atomic E-state index is -0.517. The van der Waals surface area contributed by atoms with E-state index in [2.05, 4.69) is 20.7 Å². The maximum atomic E-state index is 14.9. The highest BCUT2D eigenvalue weighted by molar-refractivity contribution is 5.92. The summed E-state index contributed by atoms with van der Waals surface area (Å²) in [5, 5.41) is 11.2. The van der Waals surface area contributed by atoms with Gasteiger partial charge in [0.25, 0.3) is 0 Å². The number of nitrogens with one attached hydrogen (secondary N) is 2. The van der Waals surface area contributed by atoms with Crippen LogP contribution in [0.3, 0.4) is 0 Å². The van der Waals surface area contributed by atoms with Crippen molar-refractivity contribution in [2.45, 2.75) is 51.7 Å². The normalized spacial score (nSPS) is 14.4. The molecule has 0 spiro atoms. The number of nitrogens with zero attached hydrogens (tertiary/aromatic N) is 3. The molecule has 3 heterocycles. The Kier molecular flexibility index (Phi) is 7.28. The van der Waals surface area contributed by atoms with Crippen molar-refractivity contribution in [3.8, 4) is 17.2 Å². The van der Waals surface area contributed by atoms with E-state index in [1.54, 1.807) is 41.5 Å². The SMILES string of the molecule is CC(C)(C)n1cc(NC(=O)Cc2ccc(Oc3ccnc4ccc(OC5CCNCC5)cc34)cc2F)cn1. The summed E-state index contributed by atoms with van der Waals surface area (Å²) in [6.07, 6.45) is 6.97. The van der Waals surface area contributed by atoms with Crippen LogP contribution in [0.4, 0.5) is 10.1 Å². The Labute approximate surface area is 221 Å². The molecule has 9 heteroatoms. The molecule has 4 aromatic rings. The van der Waals surface area contributed by atoms with Crippen LogP contribution in [-0.4, -0.2) is 39.9 Å². The zero-order chi connectivity index (χ0) is 26.7. The fourth-order valence-corrected chi connectivity index (χ4v) is 4.36. The van der Waals surface area contributed by atoms with Gasteiger partial charge in [0, 0.05) is 23.8 Å². The first kappa shape index (κ1) is 25.7. The van der Waals surface area contributed by atoms with Crippen LogP contribution in [0.2, 0.25) is 0 Å².